The predicted molar refractivity (Wildman–Crippen MR) is 116 cm³/mol. The van der Waals surface area contributed by atoms with Crippen molar-refractivity contribution in [2.45, 2.75) is 58.1 Å². The molecule has 2 aromatic rings. The predicted octanol–water partition coefficient (Wildman–Crippen LogP) is 4.94. The minimum absolute atomic E-state index is 0.0148. The molecule has 2 aliphatic heterocycles. The molecule has 2 heterocycles. The van der Waals surface area contributed by atoms with Crippen molar-refractivity contribution in [2.24, 2.45) is 5.41 Å². The van der Waals surface area contributed by atoms with E-state index in [0.29, 0.717) is 6.61 Å². The lowest BCUT2D eigenvalue weighted by Gasteiger charge is -2.42. The lowest BCUT2D eigenvalue weighted by Crippen LogP contribution is -2.47. The third kappa shape index (κ3) is 4.65. The number of fused-ring (bicyclic) bond motifs is 1. The third-order valence-electron chi connectivity index (χ3n) is 6.69. The fourth-order valence-corrected chi connectivity index (χ4v) is 4.99. The number of esters is 1. The molecule has 4 rings (SSSR count). The lowest BCUT2D eigenvalue weighted by molar-refractivity contribution is -0.162. The minimum atomic E-state index is -0.382. The van der Waals surface area contributed by atoms with Crippen LogP contribution < -0.4 is 0 Å². The molecule has 0 aromatic heterocycles. The molecule has 2 fully saturated rings. The average molecular weight is 396 g/mol. The first-order chi connectivity index (χ1) is 14.2. The molecule has 0 bridgehead atoms. The SMILES string of the molecule is CCOC(=O)C1(CC2CCCCO2)CCN(Cc2cccc3ccccc23)CC1. The lowest BCUT2D eigenvalue weighted by atomic mass is 9.73. The van der Waals surface area contributed by atoms with Crippen molar-refractivity contribution in [2.75, 3.05) is 26.3 Å². The van der Waals surface area contributed by atoms with Crippen molar-refractivity contribution in [1.29, 1.82) is 0 Å². The number of piperidine rings is 1. The second-order valence-electron chi connectivity index (χ2n) is 8.61. The third-order valence-corrected chi connectivity index (χ3v) is 6.69. The van der Waals surface area contributed by atoms with E-state index in [9.17, 15) is 4.79 Å². The van der Waals surface area contributed by atoms with Gasteiger partial charge in [0.25, 0.3) is 0 Å². The first-order valence-electron chi connectivity index (χ1n) is 11.2. The molecule has 2 aromatic carbocycles. The first-order valence-corrected chi connectivity index (χ1v) is 11.2. The van der Waals surface area contributed by atoms with Gasteiger partial charge in [0.05, 0.1) is 18.1 Å². The number of likely N-dealkylation sites (tertiary alicyclic amines) is 1. The van der Waals surface area contributed by atoms with Crippen LogP contribution in [0, 0.1) is 5.41 Å². The molecule has 156 valence electrons. The molecule has 4 nitrogen and oxygen atoms in total. The molecule has 0 amide bonds. The fraction of sp³-hybridized carbons (Fsp3) is 0.560. The monoisotopic (exact) mass is 395 g/mol. The zero-order chi connectivity index (χ0) is 20.1. The van der Waals surface area contributed by atoms with Gasteiger partial charge >= 0.3 is 5.97 Å². The van der Waals surface area contributed by atoms with E-state index in [1.807, 2.05) is 6.92 Å². The molecule has 0 aliphatic carbocycles. The highest BCUT2D eigenvalue weighted by Gasteiger charge is 2.44. The smallest absolute Gasteiger partial charge is 0.312 e. The number of rotatable bonds is 6. The summed E-state index contributed by atoms with van der Waals surface area (Å²) in [5.74, 6) is -0.0148. The first kappa shape index (κ1) is 20.4. The summed E-state index contributed by atoms with van der Waals surface area (Å²) in [6.07, 6.45) is 6.15. The van der Waals surface area contributed by atoms with Gasteiger partial charge in [-0.3, -0.25) is 9.69 Å². The molecule has 1 atom stereocenters. The highest BCUT2D eigenvalue weighted by Crippen LogP contribution is 2.40. The standard InChI is InChI=1S/C25H33NO3/c1-2-28-24(27)25(18-22-11-5-6-17-29-22)13-15-26(16-14-25)19-21-10-7-9-20-8-3-4-12-23(20)21/h3-4,7-10,12,22H,2,5-6,11,13-19H2,1H3. The molecule has 29 heavy (non-hydrogen) atoms. The second-order valence-corrected chi connectivity index (χ2v) is 8.61. The second kappa shape index (κ2) is 9.27. The van der Waals surface area contributed by atoms with Crippen LogP contribution in [-0.2, 0) is 20.8 Å². The van der Waals surface area contributed by atoms with Crippen LogP contribution >= 0.6 is 0 Å². The molecule has 0 radical (unpaired) electrons. The van der Waals surface area contributed by atoms with Crippen molar-refractivity contribution in [3.63, 3.8) is 0 Å². The van der Waals surface area contributed by atoms with Gasteiger partial charge in [0, 0.05) is 13.2 Å². The van der Waals surface area contributed by atoms with E-state index < -0.39 is 0 Å². The zero-order valence-corrected chi connectivity index (χ0v) is 17.6. The summed E-state index contributed by atoms with van der Waals surface area (Å²) in [6.45, 7) is 5.96. The van der Waals surface area contributed by atoms with Gasteiger partial charge in [0.2, 0.25) is 0 Å². The summed E-state index contributed by atoms with van der Waals surface area (Å²) in [5.41, 5.74) is 0.982. The van der Waals surface area contributed by atoms with E-state index in [1.54, 1.807) is 0 Å². The Morgan fingerprint density at radius 3 is 2.69 bits per heavy atom. The molecule has 0 N–H and O–H groups in total. The zero-order valence-electron chi connectivity index (χ0n) is 17.6. The molecule has 0 saturated carbocycles. The summed E-state index contributed by atoms with van der Waals surface area (Å²) in [4.78, 5) is 15.4. The van der Waals surface area contributed by atoms with Crippen LogP contribution in [0.4, 0.5) is 0 Å². The largest absolute Gasteiger partial charge is 0.466 e. The van der Waals surface area contributed by atoms with Crippen molar-refractivity contribution >= 4 is 16.7 Å². The van der Waals surface area contributed by atoms with Crippen LogP contribution in [0.25, 0.3) is 10.8 Å². The Labute approximate surface area is 174 Å². The Kier molecular flexibility index (Phi) is 6.51. The number of benzene rings is 2. The fourth-order valence-electron chi connectivity index (χ4n) is 4.99. The Hall–Kier alpha value is -1.91. The van der Waals surface area contributed by atoms with Crippen molar-refractivity contribution in [1.82, 2.24) is 4.90 Å². The van der Waals surface area contributed by atoms with E-state index in [1.165, 1.54) is 22.8 Å². The minimum Gasteiger partial charge on any atom is -0.466 e. The number of nitrogens with zero attached hydrogens (tertiary/aromatic N) is 1. The number of hydrogen-bond acceptors (Lipinski definition) is 4. The van der Waals surface area contributed by atoms with Crippen LogP contribution in [0.15, 0.2) is 42.5 Å². The van der Waals surface area contributed by atoms with Gasteiger partial charge in [0.1, 0.15) is 0 Å². The Bertz CT molecular complexity index is 814. The van der Waals surface area contributed by atoms with E-state index >= 15 is 0 Å². The average Bonchev–Trinajstić information content (AvgIpc) is 2.76. The maximum Gasteiger partial charge on any atom is 0.312 e. The maximum atomic E-state index is 12.9. The molecule has 1 unspecified atom stereocenters. The number of hydrogen-bond donors (Lipinski definition) is 0. The van der Waals surface area contributed by atoms with E-state index in [0.717, 1.165) is 58.3 Å². The molecular weight excluding hydrogens is 362 g/mol. The summed E-state index contributed by atoms with van der Waals surface area (Å²) >= 11 is 0. The highest BCUT2D eigenvalue weighted by molar-refractivity contribution is 5.85. The van der Waals surface area contributed by atoms with Crippen molar-refractivity contribution < 1.29 is 14.3 Å². The Balaban J connectivity index is 1.45. The Morgan fingerprint density at radius 1 is 1.14 bits per heavy atom. The Morgan fingerprint density at radius 2 is 1.93 bits per heavy atom. The molecule has 4 heteroatoms. The molecule has 2 saturated heterocycles. The topological polar surface area (TPSA) is 38.8 Å². The van der Waals surface area contributed by atoms with Crippen LogP contribution in [0.5, 0.6) is 0 Å². The van der Waals surface area contributed by atoms with Gasteiger partial charge in [-0.1, -0.05) is 42.5 Å². The van der Waals surface area contributed by atoms with E-state index in [-0.39, 0.29) is 17.5 Å². The van der Waals surface area contributed by atoms with Gasteiger partial charge in [-0.25, -0.2) is 0 Å². The van der Waals surface area contributed by atoms with Gasteiger partial charge in [-0.15, -0.1) is 0 Å². The van der Waals surface area contributed by atoms with Crippen molar-refractivity contribution in [3.05, 3.63) is 48.0 Å². The summed E-state index contributed by atoms with van der Waals surface area (Å²) < 4.78 is 11.5. The van der Waals surface area contributed by atoms with Gasteiger partial charge in [0.15, 0.2) is 0 Å². The van der Waals surface area contributed by atoms with Gasteiger partial charge in [-0.05, 0) is 74.9 Å². The quantitative estimate of drug-likeness (QED) is 0.649. The number of ether oxygens (including phenoxy) is 2. The number of carbonyl (C=O) groups is 1. The molecule has 0 spiro atoms. The van der Waals surface area contributed by atoms with Crippen LogP contribution in [-0.4, -0.2) is 43.3 Å². The summed E-state index contributed by atoms with van der Waals surface area (Å²) in [6, 6.07) is 15.1. The summed E-state index contributed by atoms with van der Waals surface area (Å²) in [7, 11) is 0. The summed E-state index contributed by atoms with van der Waals surface area (Å²) in [5, 5.41) is 2.62. The van der Waals surface area contributed by atoms with Crippen LogP contribution in [0.1, 0.15) is 51.0 Å². The van der Waals surface area contributed by atoms with Crippen LogP contribution in [0.2, 0.25) is 0 Å². The van der Waals surface area contributed by atoms with Gasteiger partial charge < -0.3 is 9.47 Å². The van der Waals surface area contributed by atoms with Crippen LogP contribution in [0.3, 0.4) is 0 Å². The normalized spacial score (nSPS) is 22.4. The van der Waals surface area contributed by atoms with Gasteiger partial charge in [-0.2, -0.15) is 0 Å². The molecular formula is C25H33NO3. The van der Waals surface area contributed by atoms with E-state index in [4.69, 9.17) is 9.47 Å². The molecule has 2 aliphatic rings. The van der Waals surface area contributed by atoms with E-state index in [2.05, 4.69) is 47.4 Å². The number of carbonyl (C=O) groups excluding carboxylic acids is 1. The highest BCUT2D eigenvalue weighted by atomic mass is 16.5. The van der Waals surface area contributed by atoms with Crippen molar-refractivity contribution in [3.8, 4) is 0 Å². The maximum absolute atomic E-state index is 12.9.